The molecule has 10 heteroatoms. The molecule has 1 amide bonds. The van der Waals surface area contributed by atoms with Gasteiger partial charge in [0.1, 0.15) is 6.10 Å². The highest BCUT2D eigenvalue weighted by Gasteiger charge is 2.31. The van der Waals surface area contributed by atoms with E-state index in [1.54, 1.807) is 4.90 Å². The summed E-state index contributed by atoms with van der Waals surface area (Å²) in [5.74, 6) is 0.137. The lowest BCUT2D eigenvalue weighted by molar-refractivity contribution is -0.384. The first-order chi connectivity index (χ1) is 12.5. The van der Waals surface area contributed by atoms with Gasteiger partial charge in [0.25, 0.3) is 23.4 Å². The number of rotatable bonds is 5. The number of likely N-dealkylation sites (tertiary alicyclic amines) is 1. The number of non-ortho nitro benzene ring substituents is 1. The highest BCUT2D eigenvalue weighted by molar-refractivity contribution is 6.33. The molecule has 0 saturated carbocycles. The second-order valence-corrected chi connectivity index (χ2v) is 5.98. The molecule has 0 N–H and O–H groups in total. The van der Waals surface area contributed by atoms with Crippen LogP contribution in [0.25, 0.3) is 0 Å². The molecular formula is C16H15ClN4O5. The predicted octanol–water partition coefficient (Wildman–Crippen LogP) is 2.34. The SMILES string of the molecule is COc1nccnc1OC1CCN(C(=O)c2cc([N+](=O)[O-])ccc2Cl)C1. The molecule has 2 heterocycles. The van der Waals surface area contributed by atoms with Crippen molar-refractivity contribution in [2.75, 3.05) is 20.2 Å². The Morgan fingerprint density at radius 1 is 1.35 bits per heavy atom. The maximum atomic E-state index is 12.7. The van der Waals surface area contributed by atoms with Gasteiger partial charge >= 0.3 is 0 Å². The molecule has 1 aliphatic heterocycles. The van der Waals surface area contributed by atoms with Crippen molar-refractivity contribution in [1.29, 1.82) is 0 Å². The van der Waals surface area contributed by atoms with Crippen LogP contribution in [0.3, 0.4) is 0 Å². The normalized spacial score (nSPS) is 16.4. The van der Waals surface area contributed by atoms with Gasteiger partial charge in [-0.3, -0.25) is 14.9 Å². The number of nitrogens with zero attached hydrogens (tertiary/aromatic N) is 4. The number of ether oxygens (including phenoxy) is 2. The van der Waals surface area contributed by atoms with Gasteiger partial charge in [-0.05, 0) is 6.07 Å². The van der Waals surface area contributed by atoms with Crippen LogP contribution in [0.15, 0.2) is 30.6 Å². The molecule has 0 radical (unpaired) electrons. The fourth-order valence-corrected chi connectivity index (χ4v) is 2.86. The summed E-state index contributed by atoms with van der Waals surface area (Å²) in [6, 6.07) is 3.79. The first kappa shape index (κ1) is 17.9. The van der Waals surface area contributed by atoms with Crippen LogP contribution in [-0.2, 0) is 0 Å². The van der Waals surface area contributed by atoms with Gasteiger partial charge in [0.05, 0.1) is 29.2 Å². The summed E-state index contributed by atoms with van der Waals surface area (Å²) in [5, 5.41) is 11.1. The van der Waals surface area contributed by atoms with Gasteiger partial charge in [0, 0.05) is 37.5 Å². The molecule has 1 aromatic carbocycles. The summed E-state index contributed by atoms with van der Waals surface area (Å²) in [4.78, 5) is 32.6. The second kappa shape index (κ2) is 7.52. The standard InChI is InChI=1S/C16H15ClN4O5/c1-25-14-15(19-6-5-18-14)26-11-4-7-20(9-11)16(22)12-8-10(21(23)24)2-3-13(12)17/h2-3,5-6,8,11H,4,7,9H2,1H3. The van der Waals surface area contributed by atoms with Gasteiger partial charge in [-0.25, -0.2) is 9.97 Å². The van der Waals surface area contributed by atoms with Crippen molar-refractivity contribution in [2.45, 2.75) is 12.5 Å². The number of amides is 1. The Labute approximate surface area is 153 Å². The molecule has 3 rings (SSSR count). The summed E-state index contributed by atoms with van der Waals surface area (Å²) in [6.45, 7) is 0.739. The maximum Gasteiger partial charge on any atom is 0.278 e. The van der Waals surface area contributed by atoms with Crippen LogP contribution in [0.2, 0.25) is 5.02 Å². The van der Waals surface area contributed by atoms with Crippen molar-refractivity contribution in [3.05, 3.63) is 51.3 Å². The third-order valence-corrected chi connectivity index (χ3v) is 4.26. The van der Waals surface area contributed by atoms with Crippen LogP contribution >= 0.6 is 11.6 Å². The highest BCUT2D eigenvalue weighted by Crippen LogP contribution is 2.27. The molecule has 1 atom stereocenters. The van der Waals surface area contributed by atoms with Crippen LogP contribution in [0.5, 0.6) is 11.8 Å². The van der Waals surface area contributed by atoms with E-state index >= 15 is 0 Å². The minimum Gasteiger partial charge on any atom is -0.477 e. The molecule has 1 saturated heterocycles. The fraction of sp³-hybridized carbons (Fsp3) is 0.312. The van der Waals surface area contributed by atoms with Gasteiger partial charge in [-0.2, -0.15) is 0 Å². The van der Waals surface area contributed by atoms with Crippen LogP contribution in [0.1, 0.15) is 16.8 Å². The zero-order valence-corrected chi connectivity index (χ0v) is 14.5. The van der Waals surface area contributed by atoms with E-state index in [0.717, 1.165) is 0 Å². The number of nitro groups is 1. The van der Waals surface area contributed by atoms with E-state index in [2.05, 4.69) is 9.97 Å². The number of carbonyl (C=O) groups excluding carboxylic acids is 1. The van der Waals surface area contributed by atoms with Crippen LogP contribution in [-0.4, -0.2) is 52.0 Å². The van der Waals surface area contributed by atoms with E-state index in [-0.39, 0.29) is 40.0 Å². The molecule has 0 aliphatic carbocycles. The van der Waals surface area contributed by atoms with Crippen molar-refractivity contribution in [3.63, 3.8) is 0 Å². The van der Waals surface area contributed by atoms with Crippen molar-refractivity contribution >= 4 is 23.2 Å². The summed E-state index contributed by atoms with van der Waals surface area (Å²) < 4.78 is 10.9. The molecule has 0 bridgehead atoms. The van der Waals surface area contributed by atoms with E-state index in [4.69, 9.17) is 21.1 Å². The molecule has 1 unspecified atom stereocenters. The van der Waals surface area contributed by atoms with Crippen LogP contribution in [0, 0.1) is 10.1 Å². The Kier molecular flexibility index (Phi) is 5.17. The lowest BCUT2D eigenvalue weighted by atomic mass is 10.2. The molecule has 1 aliphatic rings. The Balaban J connectivity index is 1.71. The van der Waals surface area contributed by atoms with Crippen molar-refractivity contribution in [3.8, 4) is 11.8 Å². The van der Waals surface area contributed by atoms with E-state index < -0.39 is 4.92 Å². The van der Waals surface area contributed by atoms with Gasteiger partial charge in [-0.15, -0.1) is 0 Å². The Bertz CT molecular complexity index is 847. The number of halogens is 1. The largest absolute Gasteiger partial charge is 0.477 e. The molecule has 9 nitrogen and oxygen atoms in total. The van der Waals surface area contributed by atoms with E-state index in [0.29, 0.717) is 19.5 Å². The first-order valence-corrected chi connectivity index (χ1v) is 8.12. The third-order valence-electron chi connectivity index (χ3n) is 3.93. The van der Waals surface area contributed by atoms with Crippen molar-refractivity contribution < 1.29 is 19.2 Å². The first-order valence-electron chi connectivity index (χ1n) is 7.74. The summed E-state index contributed by atoms with van der Waals surface area (Å²) in [5.41, 5.74) is -0.0901. The molecular weight excluding hydrogens is 364 g/mol. The maximum absolute atomic E-state index is 12.7. The monoisotopic (exact) mass is 378 g/mol. The molecule has 1 aromatic heterocycles. The minimum absolute atomic E-state index is 0.0959. The number of methoxy groups -OCH3 is 1. The van der Waals surface area contributed by atoms with E-state index in [9.17, 15) is 14.9 Å². The number of hydrogen-bond donors (Lipinski definition) is 0. The average Bonchev–Trinajstić information content (AvgIpc) is 3.10. The Morgan fingerprint density at radius 3 is 2.77 bits per heavy atom. The predicted molar refractivity (Wildman–Crippen MR) is 91.6 cm³/mol. The van der Waals surface area contributed by atoms with Gasteiger partial charge in [0.15, 0.2) is 0 Å². The molecule has 1 fully saturated rings. The number of carbonyl (C=O) groups is 1. The zero-order valence-electron chi connectivity index (χ0n) is 13.8. The fourth-order valence-electron chi connectivity index (χ4n) is 2.66. The van der Waals surface area contributed by atoms with Crippen LogP contribution < -0.4 is 9.47 Å². The Morgan fingerprint density at radius 2 is 2.08 bits per heavy atom. The lowest BCUT2D eigenvalue weighted by Gasteiger charge is -2.18. The lowest BCUT2D eigenvalue weighted by Crippen LogP contribution is -2.31. The van der Waals surface area contributed by atoms with Crippen LogP contribution in [0.4, 0.5) is 5.69 Å². The highest BCUT2D eigenvalue weighted by atomic mass is 35.5. The summed E-state index contributed by atoms with van der Waals surface area (Å²) >= 11 is 6.04. The average molecular weight is 379 g/mol. The van der Waals surface area contributed by atoms with Crippen molar-refractivity contribution in [2.24, 2.45) is 0 Å². The molecule has 136 valence electrons. The van der Waals surface area contributed by atoms with Gasteiger partial charge < -0.3 is 14.4 Å². The topological polar surface area (TPSA) is 108 Å². The summed E-state index contributed by atoms with van der Waals surface area (Å²) in [6.07, 6.45) is 3.26. The van der Waals surface area contributed by atoms with Gasteiger partial charge in [0.2, 0.25) is 0 Å². The number of nitro benzene ring substituents is 1. The number of aromatic nitrogens is 2. The summed E-state index contributed by atoms with van der Waals surface area (Å²) in [7, 11) is 1.46. The number of benzene rings is 1. The number of hydrogen-bond acceptors (Lipinski definition) is 7. The van der Waals surface area contributed by atoms with Crippen molar-refractivity contribution in [1.82, 2.24) is 14.9 Å². The quantitative estimate of drug-likeness (QED) is 0.580. The van der Waals surface area contributed by atoms with E-state index in [1.165, 1.54) is 37.7 Å². The Hall–Kier alpha value is -2.94. The molecule has 2 aromatic rings. The minimum atomic E-state index is -0.566. The van der Waals surface area contributed by atoms with E-state index in [1.807, 2.05) is 0 Å². The second-order valence-electron chi connectivity index (χ2n) is 5.57. The zero-order chi connectivity index (χ0) is 18.7. The molecule has 26 heavy (non-hydrogen) atoms. The molecule has 0 spiro atoms. The van der Waals surface area contributed by atoms with Gasteiger partial charge in [-0.1, -0.05) is 11.6 Å². The third kappa shape index (κ3) is 3.67. The smallest absolute Gasteiger partial charge is 0.278 e.